The number of benzene rings is 3. The van der Waals surface area contributed by atoms with Crippen LogP contribution >= 0.6 is 0 Å². The van der Waals surface area contributed by atoms with Gasteiger partial charge >= 0.3 is 0 Å². The van der Waals surface area contributed by atoms with Crippen LogP contribution in [0.4, 0.5) is 14.6 Å². The highest BCUT2D eigenvalue weighted by Gasteiger charge is 2.19. The number of nitrogens with one attached hydrogen (secondary N) is 1. The molecule has 0 amide bonds. The predicted octanol–water partition coefficient (Wildman–Crippen LogP) is 5.85. The molecule has 0 saturated carbocycles. The van der Waals surface area contributed by atoms with E-state index in [2.05, 4.69) is 14.9 Å². The number of hydrogen-bond donors (Lipinski definition) is 1. The molecule has 36 heavy (non-hydrogen) atoms. The Balaban J connectivity index is 1.64. The lowest BCUT2D eigenvalue weighted by atomic mass is 9.98. The zero-order chi connectivity index (χ0) is 25.2. The highest BCUT2D eigenvalue weighted by Crippen LogP contribution is 2.39. The highest BCUT2D eigenvalue weighted by atomic mass is 32.2. The molecule has 10 heteroatoms. The van der Waals surface area contributed by atoms with Crippen LogP contribution in [0.2, 0.25) is 0 Å². The SMILES string of the molecule is COc1cc(-c2cccc(F)c2)c(F)cc1-c1nc(C#N)cc2cc(S(=O)Nc3ccon3)ccc12. The maximum atomic E-state index is 15.3. The monoisotopic (exact) mass is 502 g/mol. The zero-order valence-electron chi connectivity index (χ0n) is 18.7. The van der Waals surface area contributed by atoms with Gasteiger partial charge < -0.3 is 9.26 Å². The maximum Gasteiger partial charge on any atom is 0.181 e. The fraction of sp³-hybridized carbons (Fsp3) is 0.0385. The van der Waals surface area contributed by atoms with Gasteiger partial charge in [-0.2, -0.15) is 5.26 Å². The van der Waals surface area contributed by atoms with Crippen molar-refractivity contribution >= 4 is 27.6 Å². The number of pyridine rings is 1. The molecule has 5 rings (SSSR count). The van der Waals surface area contributed by atoms with Crippen LogP contribution in [0.1, 0.15) is 5.69 Å². The van der Waals surface area contributed by atoms with E-state index in [1.165, 1.54) is 49.8 Å². The molecule has 0 spiro atoms. The van der Waals surface area contributed by atoms with Crippen molar-refractivity contribution < 1.29 is 22.2 Å². The van der Waals surface area contributed by atoms with Gasteiger partial charge in [0.15, 0.2) is 16.8 Å². The molecule has 1 atom stereocenters. The second-order valence-electron chi connectivity index (χ2n) is 7.65. The molecule has 178 valence electrons. The molecule has 0 aliphatic heterocycles. The Morgan fingerprint density at radius 3 is 2.64 bits per heavy atom. The van der Waals surface area contributed by atoms with E-state index in [9.17, 15) is 13.9 Å². The maximum absolute atomic E-state index is 15.3. The fourth-order valence-electron chi connectivity index (χ4n) is 3.82. The van der Waals surface area contributed by atoms with Gasteiger partial charge in [-0.3, -0.25) is 4.72 Å². The second-order valence-corrected chi connectivity index (χ2v) is 8.86. The molecule has 3 aromatic carbocycles. The number of anilines is 1. The minimum absolute atomic E-state index is 0.0848. The van der Waals surface area contributed by atoms with Crippen molar-refractivity contribution in [3.8, 4) is 34.2 Å². The molecular formula is C26H16F2N4O3S. The van der Waals surface area contributed by atoms with Crippen molar-refractivity contribution in [2.24, 2.45) is 0 Å². The van der Waals surface area contributed by atoms with Crippen LogP contribution in [0.5, 0.6) is 5.75 Å². The number of nitrogens with zero attached hydrogens (tertiary/aromatic N) is 3. The van der Waals surface area contributed by atoms with Gasteiger partial charge in [-0.15, -0.1) is 0 Å². The molecule has 1 unspecified atom stereocenters. The Labute approximate surface area is 206 Å². The number of methoxy groups -OCH3 is 1. The van der Waals surface area contributed by atoms with Crippen molar-refractivity contribution in [1.29, 1.82) is 5.26 Å². The average Bonchev–Trinajstić information content (AvgIpc) is 3.40. The van der Waals surface area contributed by atoms with E-state index in [4.69, 9.17) is 9.26 Å². The minimum Gasteiger partial charge on any atom is -0.496 e. The molecule has 0 fully saturated rings. The third kappa shape index (κ3) is 4.39. The summed E-state index contributed by atoms with van der Waals surface area (Å²) in [6.07, 6.45) is 1.35. The predicted molar refractivity (Wildman–Crippen MR) is 130 cm³/mol. The Kier molecular flexibility index (Phi) is 6.14. The summed E-state index contributed by atoms with van der Waals surface area (Å²) in [5.74, 6) is -0.501. The molecule has 0 bridgehead atoms. The van der Waals surface area contributed by atoms with E-state index in [1.807, 2.05) is 6.07 Å². The van der Waals surface area contributed by atoms with Crippen LogP contribution in [0.3, 0.4) is 0 Å². The number of hydrogen-bond acceptors (Lipinski definition) is 6. The Morgan fingerprint density at radius 2 is 1.92 bits per heavy atom. The standard InChI is InChI=1S/C26H16F2N4O3S/c1-34-24-13-21(15-3-2-4-17(27)9-15)23(28)12-22(24)26-20-6-5-19(11-16(20)10-18(14-29)30-26)36(33)32-25-7-8-35-31-25/h2-13H,1H3,(H,31,32). The lowest BCUT2D eigenvalue weighted by molar-refractivity contribution is 0.415. The topological polar surface area (TPSA) is 101 Å². The summed E-state index contributed by atoms with van der Waals surface area (Å²) >= 11 is 0. The van der Waals surface area contributed by atoms with E-state index in [0.29, 0.717) is 44.1 Å². The molecule has 0 aliphatic rings. The van der Waals surface area contributed by atoms with Crippen LogP contribution in [0.15, 0.2) is 82.4 Å². The van der Waals surface area contributed by atoms with E-state index in [-0.39, 0.29) is 11.3 Å². The normalized spacial score (nSPS) is 11.7. The van der Waals surface area contributed by atoms with Crippen LogP contribution in [0.25, 0.3) is 33.2 Å². The van der Waals surface area contributed by atoms with Crippen LogP contribution in [0, 0.1) is 23.0 Å². The number of halogens is 2. The molecule has 0 saturated heterocycles. The van der Waals surface area contributed by atoms with Crippen molar-refractivity contribution in [2.75, 3.05) is 11.8 Å². The molecule has 0 aliphatic carbocycles. The van der Waals surface area contributed by atoms with E-state index in [1.54, 1.807) is 30.3 Å². The Hall–Kier alpha value is -4.62. The first kappa shape index (κ1) is 23.1. The second kappa shape index (κ2) is 9.56. The summed E-state index contributed by atoms with van der Waals surface area (Å²) in [6.45, 7) is 0. The summed E-state index contributed by atoms with van der Waals surface area (Å²) < 4.78 is 54.7. The summed E-state index contributed by atoms with van der Waals surface area (Å²) in [5.41, 5.74) is 1.22. The van der Waals surface area contributed by atoms with Gasteiger partial charge in [-0.1, -0.05) is 23.4 Å². The number of fused-ring (bicyclic) bond motifs is 1. The van der Waals surface area contributed by atoms with E-state index in [0.717, 1.165) is 0 Å². The molecule has 2 aromatic heterocycles. The van der Waals surface area contributed by atoms with Crippen molar-refractivity contribution in [3.63, 3.8) is 0 Å². The third-order valence-electron chi connectivity index (χ3n) is 5.45. The number of aromatic nitrogens is 2. The molecule has 0 radical (unpaired) electrons. The highest BCUT2D eigenvalue weighted by molar-refractivity contribution is 7.86. The van der Waals surface area contributed by atoms with Gasteiger partial charge in [0.1, 0.15) is 35.4 Å². The average molecular weight is 503 g/mol. The molecule has 7 nitrogen and oxygen atoms in total. The van der Waals surface area contributed by atoms with Crippen LogP contribution in [-0.2, 0) is 11.0 Å². The summed E-state index contributed by atoms with van der Waals surface area (Å²) in [5, 5.41) is 14.4. The molecule has 1 N–H and O–H groups in total. The molecule has 5 aromatic rings. The van der Waals surface area contributed by atoms with Crippen molar-refractivity contribution in [2.45, 2.75) is 4.90 Å². The van der Waals surface area contributed by atoms with Gasteiger partial charge in [-0.05, 0) is 53.4 Å². The smallest absolute Gasteiger partial charge is 0.181 e. The van der Waals surface area contributed by atoms with Crippen LogP contribution in [-0.4, -0.2) is 21.5 Å². The zero-order valence-corrected chi connectivity index (χ0v) is 19.5. The summed E-state index contributed by atoms with van der Waals surface area (Å²) in [4.78, 5) is 4.83. The first-order chi connectivity index (χ1) is 17.5. The van der Waals surface area contributed by atoms with Gasteiger partial charge in [0.05, 0.1) is 17.7 Å². The quantitative estimate of drug-likeness (QED) is 0.313. The lowest BCUT2D eigenvalue weighted by Gasteiger charge is -2.14. The summed E-state index contributed by atoms with van der Waals surface area (Å²) in [7, 11) is -0.226. The first-order valence-corrected chi connectivity index (χ1v) is 11.7. The number of ether oxygens (including phenoxy) is 1. The van der Waals surface area contributed by atoms with E-state index >= 15 is 4.39 Å². The van der Waals surface area contributed by atoms with Gasteiger partial charge in [0.25, 0.3) is 0 Å². The Morgan fingerprint density at radius 1 is 1.06 bits per heavy atom. The van der Waals surface area contributed by atoms with Crippen LogP contribution < -0.4 is 9.46 Å². The van der Waals surface area contributed by atoms with Gasteiger partial charge in [0, 0.05) is 22.6 Å². The van der Waals surface area contributed by atoms with Gasteiger partial charge in [-0.25, -0.2) is 18.0 Å². The lowest BCUT2D eigenvalue weighted by Crippen LogP contribution is -2.05. The molecular weight excluding hydrogens is 486 g/mol. The Bertz CT molecular complexity index is 1670. The first-order valence-electron chi connectivity index (χ1n) is 10.5. The largest absolute Gasteiger partial charge is 0.496 e. The summed E-state index contributed by atoms with van der Waals surface area (Å²) in [6, 6.07) is 18.4. The fourth-order valence-corrected chi connectivity index (χ4v) is 4.66. The third-order valence-corrected chi connectivity index (χ3v) is 6.52. The van der Waals surface area contributed by atoms with Crippen molar-refractivity contribution in [1.82, 2.24) is 10.1 Å². The molecule has 2 heterocycles. The number of rotatable bonds is 6. The van der Waals surface area contributed by atoms with Crippen molar-refractivity contribution in [3.05, 3.63) is 90.3 Å². The number of nitriles is 1. The minimum atomic E-state index is -1.66. The van der Waals surface area contributed by atoms with E-state index < -0.39 is 22.6 Å². The van der Waals surface area contributed by atoms with Gasteiger partial charge in [0.2, 0.25) is 0 Å².